The third-order valence-corrected chi connectivity index (χ3v) is 11.6. The fraction of sp³-hybridized carbons (Fsp3) is 0.226. The Kier molecular flexibility index (Phi) is 5.17. The van der Waals surface area contributed by atoms with Crippen molar-refractivity contribution < 1.29 is 4.11 Å². The Hall–Kier alpha value is -2.97. The molecule has 2 heteroatoms. The van der Waals surface area contributed by atoms with Crippen LogP contribution in [-0.4, -0.2) is 8.41 Å². The predicted molar refractivity (Wildman–Crippen MR) is 140 cm³/mol. The van der Waals surface area contributed by atoms with Gasteiger partial charge in [0.1, 0.15) is 0 Å². The molecule has 1 aliphatic rings. The number of hydrogen-bond donors (Lipinski definition) is 0. The van der Waals surface area contributed by atoms with Crippen LogP contribution in [0.2, 0.25) is 0 Å². The highest BCUT2D eigenvalue weighted by Crippen LogP contribution is 2.49. The Morgan fingerprint density at radius 2 is 1.15 bits per heavy atom. The Morgan fingerprint density at radius 3 is 1.70 bits per heavy atom. The Balaban J connectivity index is 1.94. The fourth-order valence-electron chi connectivity index (χ4n) is 6.41. The number of aryl methyl sites for hydroxylation is 6. The zero-order valence-corrected chi connectivity index (χ0v) is 21.3. The van der Waals surface area contributed by atoms with E-state index in [4.69, 9.17) is 0 Å². The molecule has 1 atom stereocenters. The molecule has 0 N–H and O–H groups in total. The topological polar surface area (TPSA) is 0 Å². The van der Waals surface area contributed by atoms with Gasteiger partial charge in [-0.1, -0.05) is 65.2 Å². The number of hydrogen-bond acceptors (Lipinski definition) is 0. The van der Waals surface area contributed by atoms with Gasteiger partial charge in [-0.2, -0.15) is 24.3 Å². The number of fused-ring (bicyclic) bond motifs is 3. The molecule has 0 fully saturated rings. The van der Waals surface area contributed by atoms with Gasteiger partial charge in [0.2, 0.25) is 0 Å². The van der Waals surface area contributed by atoms with Crippen LogP contribution >= 0.6 is 0 Å². The molecule has 0 aliphatic heterocycles. The Bertz CT molecular complexity index is 1250. The number of rotatable bonds is 3. The normalized spacial score (nSPS) is 14.8. The van der Waals surface area contributed by atoms with Crippen LogP contribution in [0.4, 0.5) is 4.11 Å². The van der Waals surface area contributed by atoms with E-state index in [-0.39, 0.29) is 5.54 Å². The average Bonchev–Trinajstić information content (AvgIpc) is 3.07. The molecule has 4 aromatic rings. The van der Waals surface area contributed by atoms with Gasteiger partial charge in [-0.3, -0.25) is 0 Å². The molecule has 0 spiro atoms. The lowest BCUT2D eigenvalue weighted by Crippen LogP contribution is -2.62. The lowest BCUT2D eigenvalue weighted by Gasteiger charge is -2.37. The van der Waals surface area contributed by atoms with Crippen molar-refractivity contribution >= 4 is 18.8 Å². The van der Waals surface area contributed by atoms with Crippen LogP contribution < -0.4 is 10.4 Å². The first-order chi connectivity index (χ1) is 15.7. The lowest BCUT2D eigenvalue weighted by molar-refractivity contribution is 0.784. The summed E-state index contributed by atoms with van der Waals surface area (Å²) < 4.78 is 18.7. The van der Waals surface area contributed by atoms with Gasteiger partial charge in [0, 0.05) is 5.54 Å². The third-order valence-electron chi connectivity index (χ3n) is 7.22. The maximum atomic E-state index is 18.7. The maximum absolute atomic E-state index is 18.7. The average molecular weight is 450 g/mol. The van der Waals surface area contributed by atoms with Crippen molar-refractivity contribution in [2.24, 2.45) is 0 Å². The van der Waals surface area contributed by atoms with E-state index in [1.807, 2.05) is 12.1 Å². The molecular formula is C31H30FSi-. The summed E-state index contributed by atoms with van der Waals surface area (Å²) in [6.45, 7) is 12.6. The van der Waals surface area contributed by atoms with Crippen LogP contribution in [0.15, 0.2) is 66.7 Å². The smallest absolute Gasteiger partial charge is 0.301 e. The first-order valence-electron chi connectivity index (χ1n) is 11.7. The van der Waals surface area contributed by atoms with E-state index in [1.54, 1.807) is 0 Å². The minimum atomic E-state index is -3.83. The molecule has 0 nitrogen and oxygen atoms in total. The van der Waals surface area contributed by atoms with E-state index in [2.05, 4.69) is 102 Å². The van der Waals surface area contributed by atoms with Gasteiger partial charge in [0.25, 0.3) is 0 Å². The zero-order valence-electron chi connectivity index (χ0n) is 20.3. The van der Waals surface area contributed by atoms with E-state index in [0.717, 1.165) is 54.9 Å². The molecule has 1 unspecified atom stereocenters. The molecule has 0 bridgehead atoms. The van der Waals surface area contributed by atoms with Crippen molar-refractivity contribution in [3.63, 3.8) is 0 Å². The molecule has 4 aromatic carbocycles. The van der Waals surface area contributed by atoms with Crippen LogP contribution in [0.25, 0.3) is 11.1 Å². The molecule has 0 aromatic heterocycles. The summed E-state index contributed by atoms with van der Waals surface area (Å²) in [6, 6.07) is 26.6. The molecular weight excluding hydrogens is 419 g/mol. The largest absolute Gasteiger partial charge is 0.319 e. The number of halogens is 1. The SMILES string of the molecule is Cc1cc(C)c([Si](F)(c2c(C)cc(C)cc2C)C2c3[c-]cccc3-c3ccccc32)c(C)c1. The van der Waals surface area contributed by atoms with Crippen LogP contribution in [0.5, 0.6) is 0 Å². The monoisotopic (exact) mass is 449 g/mol. The van der Waals surface area contributed by atoms with E-state index < -0.39 is 8.41 Å². The third kappa shape index (κ3) is 3.23. The van der Waals surface area contributed by atoms with E-state index in [9.17, 15) is 0 Å². The van der Waals surface area contributed by atoms with Gasteiger partial charge in [0.05, 0.1) is 0 Å². The van der Waals surface area contributed by atoms with Gasteiger partial charge >= 0.3 is 8.41 Å². The summed E-state index contributed by atoms with van der Waals surface area (Å²) in [4.78, 5) is 0. The molecule has 1 aliphatic carbocycles. The summed E-state index contributed by atoms with van der Waals surface area (Å²) >= 11 is 0. The van der Waals surface area contributed by atoms with E-state index in [0.29, 0.717) is 0 Å². The van der Waals surface area contributed by atoms with Gasteiger partial charge in [-0.25, -0.2) is 0 Å². The second-order valence-electron chi connectivity index (χ2n) is 9.78. The van der Waals surface area contributed by atoms with Crippen molar-refractivity contribution in [3.05, 3.63) is 117 Å². The van der Waals surface area contributed by atoms with Gasteiger partial charge < -0.3 is 4.11 Å². The first kappa shape index (κ1) is 21.9. The van der Waals surface area contributed by atoms with Crippen molar-refractivity contribution in [2.75, 3.05) is 0 Å². The lowest BCUT2D eigenvalue weighted by atomic mass is 10.1. The van der Waals surface area contributed by atoms with Crippen molar-refractivity contribution in [3.8, 4) is 11.1 Å². The van der Waals surface area contributed by atoms with Gasteiger partial charge in [-0.05, 0) is 79.7 Å². The Morgan fingerprint density at radius 1 is 0.667 bits per heavy atom. The van der Waals surface area contributed by atoms with Crippen molar-refractivity contribution in [2.45, 2.75) is 47.1 Å². The molecule has 33 heavy (non-hydrogen) atoms. The molecule has 0 heterocycles. The summed E-state index contributed by atoms with van der Waals surface area (Å²) in [6.07, 6.45) is 0. The highest BCUT2D eigenvalue weighted by Gasteiger charge is 2.52. The quantitative estimate of drug-likeness (QED) is 0.185. The Labute approximate surface area is 198 Å². The number of benzene rings is 4. The van der Waals surface area contributed by atoms with E-state index in [1.165, 1.54) is 11.1 Å². The van der Waals surface area contributed by atoms with Crippen LogP contribution in [-0.2, 0) is 0 Å². The molecule has 0 amide bonds. The highest BCUT2D eigenvalue weighted by atomic mass is 28.4. The summed E-state index contributed by atoms with van der Waals surface area (Å²) in [5.41, 5.74) is 10.6. The summed E-state index contributed by atoms with van der Waals surface area (Å²) in [7, 11) is -3.83. The summed E-state index contributed by atoms with van der Waals surface area (Å²) in [5.74, 6) is 0. The first-order valence-corrected chi connectivity index (χ1v) is 13.6. The second-order valence-corrected chi connectivity index (χ2v) is 12.8. The van der Waals surface area contributed by atoms with Crippen LogP contribution in [0.3, 0.4) is 0 Å². The van der Waals surface area contributed by atoms with E-state index >= 15 is 4.11 Å². The molecule has 166 valence electrons. The molecule has 0 radical (unpaired) electrons. The highest BCUT2D eigenvalue weighted by molar-refractivity contribution is 6.99. The van der Waals surface area contributed by atoms with Gasteiger partial charge in [0.15, 0.2) is 0 Å². The standard InChI is InChI=1S/C31H30FSi/c1-19-15-21(3)29(22(4)16-19)33(32,30-23(5)17-20(2)18-24(30)6)31-27-13-9-7-11-25(27)26-12-8-10-14-28(26)31/h7-13,15-18,31H,1-6H3/q-1. The minimum Gasteiger partial charge on any atom is -0.301 e. The molecule has 5 rings (SSSR count). The minimum absolute atomic E-state index is 0.329. The molecule has 0 saturated heterocycles. The maximum Gasteiger partial charge on any atom is 0.319 e. The summed E-state index contributed by atoms with van der Waals surface area (Å²) in [5, 5.41) is 1.85. The second kappa shape index (κ2) is 7.81. The van der Waals surface area contributed by atoms with Crippen LogP contribution in [0, 0.1) is 47.6 Å². The fourth-order valence-corrected chi connectivity index (χ4v) is 11.1. The van der Waals surface area contributed by atoms with Crippen LogP contribution in [0.1, 0.15) is 50.0 Å². The molecule has 0 saturated carbocycles. The van der Waals surface area contributed by atoms with Crippen molar-refractivity contribution in [1.29, 1.82) is 0 Å². The predicted octanol–water partition coefficient (Wildman–Crippen LogP) is 6.72. The van der Waals surface area contributed by atoms with Crippen molar-refractivity contribution in [1.82, 2.24) is 0 Å². The zero-order chi connectivity index (χ0) is 23.5. The van der Waals surface area contributed by atoms with Gasteiger partial charge in [-0.15, -0.1) is 11.1 Å².